The van der Waals surface area contributed by atoms with Crippen LogP contribution in [0.25, 0.3) is 5.57 Å². The van der Waals surface area contributed by atoms with Crippen molar-refractivity contribution in [1.29, 1.82) is 0 Å². The van der Waals surface area contributed by atoms with E-state index in [0.717, 1.165) is 25.6 Å². The van der Waals surface area contributed by atoms with E-state index in [4.69, 9.17) is 0 Å². The van der Waals surface area contributed by atoms with Crippen LogP contribution < -0.4 is 0 Å². The number of aliphatic hydroxyl groups is 1. The molecule has 0 aliphatic heterocycles. The standard InChI is InChI=1S/C15H12Br2O/c16-13-5-1-11(2-6-13)15(9-10-18)12-3-7-14(17)8-4-12/h1-9,18H,10H2. The molecule has 0 spiro atoms. The first-order valence-corrected chi connectivity index (χ1v) is 7.12. The average molecular weight is 368 g/mol. The molecule has 0 saturated heterocycles. The van der Waals surface area contributed by atoms with Crippen LogP contribution in [0.5, 0.6) is 0 Å². The van der Waals surface area contributed by atoms with Crippen molar-refractivity contribution in [1.82, 2.24) is 0 Å². The number of aliphatic hydroxyl groups excluding tert-OH is 1. The molecule has 0 aliphatic carbocycles. The third kappa shape index (κ3) is 3.31. The lowest BCUT2D eigenvalue weighted by Crippen LogP contribution is -1.90. The van der Waals surface area contributed by atoms with Crippen LogP contribution in [0.1, 0.15) is 11.1 Å². The predicted molar refractivity (Wildman–Crippen MR) is 82.4 cm³/mol. The zero-order valence-electron chi connectivity index (χ0n) is 9.61. The van der Waals surface area contributed by atoms with Gasteiger partial charge in [0.1, 0.15) is 0 Å². The highest BCUT2D eigenvalue weighted by Crippen LogP contribution is 2.25. The van der Waals surface area contributed by atoms with E-state index >= 15 is 0 Å². The molecule has 2 aromatic rings. The van der Waals surface area contributed by atoms with Gasteiger partial charge in [0, 0.05) is 8.95 Å². The Hall–Kier alpha value is -0.900. The maximum Gasteiger partial charge on any atom is 0.0621 e. The summed E-state index contributed by atoms with van der Waals surface area (Å²) in [5, 5.41) is 9.17. The van der Waals surface area contributed by atoms with Crippen LogP contribution in [0.2, 0.25) is 0 Å². The molecule has 3 heteroatoms. The Labute approximate surface area is 123 Å². The van der Waals surface area contributed by atoms with Crippen LogP contribution in [0.4, 0.5) is 0 Å². The Morgan fingerprint density at radius 1 is 0.833 bits per heavy atom. The number of halogens is 2. The smallest absolute Gasteiger partial charge is 0.0621 e. The highest BCUT2D eigenvalue weighted by molar-refractivity contribution is 9.10. The van der Waals surface area contributed by atoms with Crippen LogP contribution >= 0.6 is 31.9 Å². The average Bonchev–Trinajstić information content (AvgIpc) is 2.39. The van der Waals surface area contributed by atoms with Crippen LogP contribution in [0.15, 0.2) is 63.6 Å². The van der Waals surface area contributed by atoms with Gasteiger partial charge < -0.3 is 5.11 Å². The molecule has 0 bridgehead atoms. The third-order valence-corrected chi connectivity index (χ3v) is 3.66. The molecule has 92 valence electrons. The molecule has 0 fully saturated rings. The zero-order chi connectivity index (χ0) is 13.0. The van der Waals surface area contributed by atoms with Gasteiger partial charge in [0.2, 0.25) is 0 Å². The minimum Gasteiger partial charge on any atom is -0.392 e. The van der Waals surface area contributed by atoms with Crippen molar-refractivity contribution in [3.63, 3.8) is 0 Å². The van der Waals surface area contributed by atoms with Crippen LogP contribution in [-0.2, 0) is 0 Å². The fourth-order valence-electron chi connectivity index (χ4n) is 1.75. The Balaban J connectivity index is 2.43. The van der Waals surface area contributed by atoms with Gasteiger partial charge in [-0.3, -0.25) is 0 Å². The summed E-state index contributed by atoms with van der Waals surface area (Å²) in [7, 11) is 0. The Morgan fingerprint density at radius 3 is 1.56 bits per heavy atom. The minimum atomic E-state index is 0.0292. The summed E-state index contributed by atoms with van der Waals surface area (Å²) in [6.45, 7) is 0.0292. The Bertz CT molecular complexity index is 494. The van der Waals surface area contributed by atoms with Crippen molar-refractivity contribution in [3.05, 3.63) is 74.7 Å². The largest absolute Gasteiger partial charge is 0.392 e. The molecule has 18 heavy (non-hydrogen) atoms. The molecule has 0 saturated carbocycles. The maximum absolute atomic E-state index is 9.17. The molecule has 0 aliphatic rings. The van der Waals surface area contributed by atoms with E-state index in [0.29, 0.717) is 0 Å². The normalized spacial score (nSPS) is 10.2. The van der Waals surface area contributed by atoms with Gasteiger partial charge in [0.05, 0.1) is 6.61 Å². The molecule has 0 aromatic heterocycles. The monoisotopic (exact) mass is 366 g/mol. The first-order chi connectivity index (χ1) is 8.70. The SMILES string of the molecule is OCC=C(c1ccc(Br)cc1)c1ccc(Br)cc1. The summed E-state index contributed by atoms with van der Waals surface area (Å²) in [6, 6.07) is 16.1. The fourth-order valence-corrected chi connectivity index (χ4v) is 2.28. The molecular formula is C15H12Br2O. The maximum atomic E-state index is 9.17. The Kier molecular flexibility index (Phi) is 4.75. The number of benzene rings is 2. The summed E-state index contributed by atoms with van der Waals surface area (Å²) < 4.78 is 2.09. The van der Waals surface area contributed by atoms with Gasteiger partial charge in [-0.05, 0) is 41.0 Å². The second-order valence-corrected chi connectivity index (χ2v) is 5.65. The Morgan fingerprint density at radius 2 is 1.22 bits per heavy atom. The van der Waals surface area contributed by atoms with E-state index < -0.39 is 0 Å². The number of hydrogen-bond acceptors (Lipinski definition) is 1. The van der Waals surface area contributed by atoms with Crippen LogP contribution in [-0.4, -0.2) is 11.7 Å². The van der Waals surface area contributed by atoms with Gasteiger partial charge in [0.25, 0.3) is 0 Å². The molecule has 0 heterocycles. The van der Waals surface area contributed by atoms with Crippen molar-refractivity contribution in [3.8, 4) is 0 Å². The number of hydrogen-bond donors (Lipinski definition) is 1. The van der Waals surface area contributed by atoms with Crippen LogP contribution in [0.3, 0.4) is 0 Å². The van der Waals surface area contributed by atoms with E-state index in [2.05, 4.69) is 31.9 Å². The lowest BCUT2D eigenvalue weighted by atomic mass is 9.98. The topological polar surface area (TPSA) is 20.2 Å². The highest BCUT2D eigenvalue weighted by atomic mass is 79.9. The van der Waals surface area contributed by atoms with E-state index in [1.807, 2.05) is 54.6 Å². The lowest BCUT2D eigenvalue weighted by molar-refractivity contribution is 0.343. The van der Waals surface area contributed by atoms with Crippen LogP contribution in [0, 0.1) is 0 Å². The summed E-state index contributed by atoms with van der Waals surface area (Å²) in [4.78, 5) is 0. The second-order valence-electron chi connectivity index (χ2n) is 3.81. The second kappa shape index (κ2) is 6.32. The summed E-state index contributed by atoms with van der Waals surface area (Å²) >= 11 is 6.85. The molecule has 0 unspecified atom stereocenters. The van der Waals surface area contributed by atoms with Gasteiger partial charge in [0.15, 0.2) is 0 Å². The van der Waals surface area contributed by atoms with E-state index in [1.54, 1.807) is 0 Å². The quantitative estimate of drug-likeness (QED) is 0.838. The van der Waals surface area contributed by atoms with Gasteiger partial charge in [-0.1, -0.05) is 62.2 Å². The summed E-state index contributed by atoms with van der Waals surface area (Å²) in [5.41, 5.74) is 3.22. The molecule has 2 aromatic carbocycles. The van der Waals surface area contributed by atoms with Gasteiger partial charge in [-0.25, -0.2) is 0 Å². The van der Waals surface area contributed by atoms with Gasteiger partial charge >= 0.3 is 0 Å². The summed E-state index contributed by atoms with van der Waals surface area (Å²) in [5.74, 6) is 0. The van der Waals surface area contributed by atoms with E-state index in [1.165, 1.54) is 0 Å². The predicted octanol–water partition coefficient (Wildman–Crippen LogP) is 4.64. The molecule has 2 rings (SSSR count). The van der Waals surface area contributed by atoms with Crippen molar-refractivity contribution in [2.24, 2.45) is 0 Å². The highest BCUT2D eigenvalue weighted by Gasteiger charge is 2.04. The van der Waals surface area contributed by atoms with Crippen molar-refractivity contribution >= 4 is 37.4 Å². The lowest BCUT2D eigenvalue weighted by Gasteiger charge is -2.08. The summed E-state index contributed by atoms with van der Waals surface area (Å²) in [6.07, 6.45) is 1.83. The minimum absolute atomic E-state index is 0.0292. The molecular weight excluding hydrogens is 356 g/mol. The fraction of sp³-hybridized carbons (Fsp3) is 0.0667. The third-order valence-electron chi connectivity index (χ3n) is 2.61. The van der Waals surface area contributed by atoms with Gasteiger partial charge in [-0.2, -0.15) is 0 Å². The molecule has 1 N–H and O–H groups in total. The van der Waals surface area contributed by atoms with Crippen molar-refractivity contribution < 1.29 is 5.11 Å². The van der Waals surface area contributed by atoms with Crippen molar-refractivity contribution in [2.45, 2.75) is 0 Å². The van der Waals surface area contributed by atoms with E-state index in [9.17, 15) is 5.11 Å². The van der Waals surface area contributed by atoms with E-state index in [-0.39, 0.29) is 6.61 Å². The molecule has 0 amide bonds. The first kappa shape index (κ1) is 13.5. The first-order valence-electron chi connectivity index (χ1n) is 5.53. The van der Waals surface area contributed by atoms with Gasteiger partial charge in [-0.15, -0.1) is 0 Å². The van der Waals surface area contributed by atoms with Crippen molar-refractivity contribution in [2.75, 3.05) is 6.61 Å². The number of rotatable bonds is 3. The molecule has 0 radical (unpaired) electrons. The molecule has 1 nitrogen and oxygen atoms in total. The zero-order valence-corrected chi connectivity index (χ0v) is 12.8. The molecule has 0 atom stereocenters.